The van der Waals surface area contributed by atoms with Crippen LogP contribution in [-0.2, 0) is 0 Å². The summed E-state index contributed by atoms with van der Waals surface area (Å²) >= 11 is 0. The predicted octanol–water partition coefficient (Wildman–Crippen LogP) is -0.167. The Morgan fingerprint density at radius 3 is 3.23 bits per heavy atom. The lowest BCUT2D eigenvalue weighted by Crippen LogP contribution is -2.43. The normalized spacial score (nSPS) is 24.8. The van der Waals surface area contributed by atoms with Crippen LogP contribution in [0.5, 0.6) is 0 Å². The number of hydrogen-bond donors (Lipinski definition) is 2. The Balaban J connectivity index is 2.08. The Labute approximate surface area is 76.9 Å². The van der Waals surface area contributed by atoms with E-state index in [4.69, 9.17) is 10.3 Å². The Hall–Kier alpha value is -1.07. The topological polar surface area (TPSA) is 67.3 Å². The van der Waals surface area contributed by atoms with Crippen molar-refractivity contribution in [1.29, 1.82) is 0 Å². The lowest BCUT2D eigenvalue weighted by Gasteiger charge is -2.29. The number of rotatable bonds is 1. The monoisotopic (exact) mass is 182 g/mol. The van der Waals surface area contributed by atoms with Crippen LogP contribution in [0, 0.1) is 0 Å². The fourth-order valence-electron chi connectivity index (χ4n) is 1.56. The van der Waals surface area contributed by atoms with E-state index in [0.717, 1.165) is 25.3 Å². The number of nitrogens with two attached hydrogens (primary N) is 1. The third kappa shape index (κ3) is 1.81. The van der Waals surface area contributed by atoms with E-state index in [9.17, 15) is 0 Å². The number of aromatic nitrogens is 1. The van der Waals surface area contributed by atoms with Gasteiger partial charge in [0.2, 0.25) is 5.88 Å². The van der Waals surface area contributed by atoms with Crippen LogP contribution in [0.25, 0.3) is 0 Å². The molecule has 1 fully saturated rings. The lowest BCUT2D eigenvalue weighted by molar-refractivity contribution is 0.234. The lowest BCUT2D eigenvalue weighted by atomic mass is 10.1. The number of anilines is 1. The molecule has 5 heteroatoms. The number of hydrogen-bond acceptors (Lipinski definition) is 5. The smallest absolute Gasteiger partial charge is 0.222 e. The molecule has 1 aliphatic heterocycles. The van der Waals surface area contributed by atoms with Crippen molar-refractivity contribution in [3.63, 3.8) is 0 Å². The van der Waals surface area contributed by atoms with Crippen LogP contribution in [0.2, 0.25) is 0 Å². The maximum Gasteiger partial charge on any atom is 0.222 e. The predicted molar refractivity (Wildman–Crippen MR) is 49.2 cm³/mol. The summed E-state index contributed by atoms with van der Waals surface area (Å²) in [5.41, 5.74) is 6.34. The van der Waals surface area contributed by atoms with Crippen molar-refractivity contribution < 1.29 is 4.52 Å². The fraction of sp³-hybridized carbons (Fsp3) is 0.625. The Kier molecular flexibility index (Phi) is 2.20. The van der Waals surface area contributed by atoms with Gasteiger partial charge >= 0.3 is 0 Å². The standard InChI is InChI=1S/C8H14N4O/c1-12-3-2-10-7(5-12)6-4-8(9)13-11-6/h4,7,10H,2-3,5,9H2,1H3. The van der Waals surface area contributed by atoms with E-state index < -0.39 is 0 Å². The van der Waals surface area contributed by atoms with Gasteiger partial charge < -0.3 is 20.5 Å². The first-order valence-electron chi connectivity index (χ1n) is 4.40. The van der Waals surface area contributed by atoms with E-state index in [0.29, 0.717) is 5.88 Å². The van der Waals surface area contributed by atoms with E-state index in [1.807, 2.05) is 0 Å². The third-order valence-corrected chi connectivity index (χ3v) is 2.28. The van der Waals surface area contributed by atoms with Crippen LogP contribution in [0.15, 0.2) is 10.6 Å². The first kappa shape index (κ1) is 8.52. The van der Waals surface area contributed by atoms with Crippen molar-refractivity contribution in [3.8, 4) is 0 Å². The minimum Gasteiger partial charge on any atom is -0.368 e. The molecule has 0 radical (unpaired) electrons. The summed E-state index contributed by atoms with van der Waals surface area (Å²) in [6, 6.07) is 2.02. The summed E-state index contributed by atoms with van der Waals surface area (Å²) in [4.78, 5) is 2.26. The molecule has 1 aromatic rings. The molecule has 1 aromatic heterocycles. The molecule has 13 heavy (non-hydrogen) atoms. The molecular formula is C8H14N4O. The molecule has 0 spiro atoms. The van der Waals surface area contributed by atoms with Crippen LogP contribution in [0.3, 0.4) is 0 Å². The zero-order chi connectivity index (χ0) is 9.26. The molecule has 2 rings (SSSR count). The SMILES string of the molecule is CN1CCNC(c2cc(N)on2)C1. The van der Waals surface area contributed by atoms with Gasteiger partial charge in [0.1, 0.15) is 5.69 Å². The average molecular weight is 182 g/mol. The Morgan fingerprint density at radius 2 is 2.62 bits per heavy atom. The molecule has 0 aliphatic carbocycles. The quantitative estimate of drug-likeness (QED) is 0.631. The molecule has 1 saturated heterocycles. The number of nitrogens with zero attached hydrogens (tertiary/aromatic N) is 2. The van der Waals surface area contributed by atoms with Crippen LogP contribution in [-0.4, -0.2) is 36.7 Å². The van der Waals surface area contributed by atoms with Crippen molar-refractivity contribution in [1.82, 2.24) is 15.4 Å². The number of nitrogens with one attached hydrogen (secondary N) is 1. The fourth-order valence-corrected chi connectivity index (χ4v) is 1.56. The van der Waals surface area contributed by atoms with Gasteiger partial charge in [-0.25, -0.2) is 0 Å². The molecule has 1 atom stereocenters. The molecule has 3 N–H and O–H groups in total. The van der Waals surface area contributed by atoms with Crippen molar-refractivity contribution in [2.24, 2.45) is 0 Å². The summed E-state index contributed by atoms with van der Waals surface area (Å²) in [6.07, 6.45) is 0. The number of piperazine rings is 1. The molecular weight excluding hydrogens is 168 g/mol. The second-order valence-electron chi connectivity index (χ2n) is 3.42. The van der Waals surface area contributed by atoms with Gasteiger partial charge in [0.05, 0.1) is 6.04 Å². The average Bonchev–Trinajstić information content (AvgIpc) is 2.52. The summed E-state index contributed by atoms with van der Waals surface area (Å²) < 4.78 is 4.82. The zero-order valence-corrected chi connectivity index (χ0v) is 7.66. The summed E-state index contributed by atoms with van der Waals surface area (Å²) in [7, 11) is 2.09. The van der Waals surface area contributed by atoms with Gasteiger partial charge in [-0.2, -0.15) is 0 Å². The second-order valence-corrected chi connectivity index (χ2v) is 3.42. The highest BCUT2D eigenvalue weighted by molar-refractivity contribution is 5.26. The third-order valence-electron chi connectivity index (χ3n) is 2.28. The van der Waals surface area contributed by atoms with Gasteiger partial charge in [0, 0.05) is 25.7 Å². The van der Waals surface area contributed by atoms with Gasteiger partial charge in [0.25, 0.3) is 0 Å². The number of nitrogen functional groups attached to an aromatic ring is 1. The Bertz CT molecular complexity index is 285. The highest BCUT2D eigenvalue weighted by Crippen LogP contribution is 2.16. The second kappa shape index (κ2) is 3.35. The summed E-state index contributed by atoms with van der Waals surface area (Å²) in [5, 5.41) is 7.24. The van der Waals surface area contributed by atoms with Gasteiger partial charge in [-0.15, -0.1) is 0 Å². The largest absolute Gasteiger partial charge is 0.368 e. The highest BCUT2D eigenvalue weighted by Gasteiger charge is 2.20. The van der Waals surface area contributed by atoms with Crippen LogP contribution < -0.4 is 11.1 Å². The summed E-state index contributed by atoms with van der Waals surface area (Å²) in [5.74, 6) is 0.380. The maximum absolute atomic E-state index is 5.45. The Morgan fingerprint density at radius 1 is 1.77 bits per heavy atom. The van der Waals surface area contributed by atoms with Crippen molar-refractivity contribution >= 4 is 5.88 Å². The first-order valence-corrected chi connectivity index (χ1v) is 4.40. The molecule has 1 unspecified atom stereocenters. The van der Waals surface area contributed by atoms with E-state index in [2.05, 4.69) is 22.4 Å². The molecule has 1 aliphatic rings. The molecule has 0 saturated carbocycles. The molecule has 0 aromatic carbocycles. The highest BCUT2D eigenvalue weighted by atomic mass is 16.5. The van der Waals surface area contributed by atoms with Crippen molar-refractivity contribution in [3.05, 3.63) is 11.8 Å². The van der Waals surface area contributed by atoms with Crippen molar-refractivity contribution in [2.45, 2.75) is 6.04 Å². The van der Waals surface area contributed by atoms with E-state index in [-0.39, 0.29) is 6.04 Å². The number of likely N-dealkylation sites (N-methyl/N-ethyl adjacent to an activating group) is 1. The maximum atomic E-state index is 5.45. The minimum absolute atomic E-state index is 0.250. The first-order chi connectivity index (χ1) is 6.25. The van der Waals surface area contributed by atoms with E-state index in [1.165, 1.54) is 0 Å². The van der Waals surface area contributed by atoms with Crippen LogP contribution in [0.1, 0.15) is 11.7 Å². The molecule has 72 valence electrons. The zero-order valence-electron chi connectivity index (χ0n) is 7.66. The van der Waals surface area contributed by atoms with E-state index in [1.54, 1.807) is 6.07 Å². The van der Waals surface area contributed by atoms with Crippen LogP contribution in [0.4, 0.5) is 5.88 Å². The van der Waals surface area contributed by atoms with E-state index >= 15 is 0 Å². The van der Waals surface area contributed by atoms with Gasteiger partial charge in [0.15, 0.2) is 0 Å². The summed E-state index contributed by atoms with van der Waals surface area (Å²) in [6.45, 7) is 3.00. The van der Waals surface area contributed by atoms with Gasteiger partial charge in [-0.1, -0.05) is 5.16 Å². The van der Waals surface area contributed by atoms with Gasteiger partial charge in [-0.3, -0.25) is 0 Å². The van der Waals surface area contributed by atoms with Gasteiger partial charge in [-0.05, 0) is 7.05 Å². The molecule has 5 nitrogen and oxygen atoms in total. The van der Waals surface area contributed by atoms with Crippen LogP contribution >= 0.6 is 0 Å². The minimum atomic E-state index is 0.250. The molecule has 2 heterocycles. The molecule has 0 bridgehead atoms. The molecule has 0 amide bonds. The van der Waals surface area contributed by atoms with Crippen molar-refractivity contribution in [2.75, 3.05) is 32.4 Å².